The Kier molecular flexibility index (Phi) is 7.23. The molecule has 0 radical (unpaired) electrons. The van der Waals surface area contributed by atoms with Crippen LogP contribution in [0.3, 0.4) is 0 Å². The third-order valence-corrected chi connectivity index (χ3v) is 10.5. The van der Waals surface area contributed by atoms with Gasteiger partial charge in [0.2, 0.25) is 5.91 Å². The van der Waals surface area contributed by atoms with E-state index in [1.807, 2.05) is 17.0 Å². The first-order valence-corrected chi connectivity index (χ1v) is 15.3. The summed E-state index contributed by atoms with van der Waals surface area (Å²) in [6, 6.07) is 9.28. The van der Waals surface area contributed by atoms with Gasteiger partial charge in [-0.15, -0.1) is 0 Å². The van der Waals surface area contributed by atoms with Crippen molar-refractivity contribution >= 4 is 35.1 Å². The highest BCUT2D eigenvalue weighted by molar-refractivity contribution is 6.42. The Balaban J connectivity index is 1.48. The zero-order valence-electron chi connectivity index (χ0n) is 24.3. The molecule has 1 saturated carbocycles. The smallest absolute Gasteiger partial charge is 0.303 e. The summed E-state index contributed by atoms with van der Waals surface area (Å²) in [5.74, 6) is 1.40. The third-order valence-electron chi connectivity index (χ3n) is 9.81. The first-order valence-electron chi connectivity index (χ1n) is 14.5. The predicted octanol–water partition coefficient (Wildman–Crippen LogP) is 5.45. The van der Waals surface area contributed by atoms with Gasteiger partial charge in [-0.2, -0.15) is 0 Å². The summed E-state index contributed by atoms with van der Waals surface area (Å²) < 4.78 is 19.3. The molecule has 6 rings (SSSR count). The molecule has 0 unspecified atom stereocenters. The Morgan fingerprint density at radius 3 is 2.63 bits per heavy atom. The molecule has 220 valence electrons. The largest absolute Gasteiger partial charge is 0.493 e. The number of likely N-dealkylation sites (N-methyl/N-ethyl adjacent to an activating group) is 1. The molecule has 2 fully saturated rings. The summed E-state index contributed by atoms with van der Waals surface area (Å²) in [7, 11) is 3.78. The fraction of sp³-hybridized carbons (Fsp3) is 0.562. The van der Waals surface area contributed by atoms with Crippen LogP contribution < -0.4 is 9.47 Å². The number of rotatable bonds is 7. The van der Waals surface area contributed by atoms with Gasteiger partial charge in [-0.3, -0.25) is 14.5 Å². The first-order chi connectivity index (χ1) is 19.5. The summed E-state index contributed by atoms with van der Waals surface area (Å²) in [5, 5.41) is 0.898. The lowest BCUT2D eigenvalue weighted by Gasteiger charge is -2.65. The maximum Gasteiger partial charge on any atom is 0.303 e. The number of likely N-dealkylation sites (tertiary alicyclic amines) is 1. The molecule has 1 amide bonds. The van der Waals surface area contributed by atoms with E-state index in [1.165, 1.54) is 12.5 Å². The SMILES string of the molecule is COc1ccc2c3c1O[C@H]1[C@H](N(CC(C)C)C(=O)Cc4ccc(Cl)c(Cl)c4)CC[C@@]4(OC(C)=O)[C@@H](C2)N(C)CC[C@]314. The van der Waals surface area contributed by atoms with Crippen LogP contribution in [-0.4, -0.2) is 72.7 Å². The van der Waals surface area contributed by atoms with E-state index < -0.39 is 11.0 Å². The van der Waals surface area contributed by atoms with Crippen LogP contribution in [0.1, 0.15) is 56.7 Å². The van der Waals surface area contributed by atoms with Gasteiger partial charge in [-0.05, 0) is 74.5 Å². The Bertz CT molecular complexity index is 1400. The lowest BCUT2D eigenvalue weighted by Crippen LogP contribution is -2.79. The van der Waals surface area contributed by atoms with Crippen LogP contribution in [0.25, 0.3) is 0 Å². The molecule has 0 N–H and O–H groups in total. The van der Waals surface area contributed by atoms with Gasteiger partial charge < -0.3 is 19.1 Å². The average molecular weight is 602 g/mol. The lowest BCUT2D eigenvalue weighted by atomic mass is 9.48. The second kappa shape index (κ2) is 10.4. The summed E-state index contributed by atoms with van der Waals surface area (Å²) in [6.07, 6.45) is 2.67. The van der Waals surface area contributed by atoms with Crippen molar-refractivity contribution in [3.05, 3.63) is 57.1 Å². The highest BCUT2D eigenvalue weighted by Gasteiger charge is 2.75. The number of esters is 1. The number of amides is 1. The van der Waals surface area contributed by atoms with Gasteiger partial charge in [-0.25, -0.2) is 0 Å². The summed E-state index contributed by atoms with van der Waals surface area (Å²) in [4.78, 5) is 31.3. The fourth-order valence-electron chi connectivity index (χ4n) is 8.37. The van der Waals surface area contributed by atoms with Gasteiger partial charge in [-0.1, -0.05) is 49.2 Å². The molecule has 5 atom stereocenters. The summed E-state index contributed by atoms with van der Waals surface area (Å²) >= 11 is 12.4. The van der Waals surface area contributed by atoms with E-state index in [9.17, 15) is 9.59 Å². The predicted molar refractivity (Wildman–Crippen MR) is 158 cm³/mol. The van der Waals surface area contributed by atoms with Crippen LogP contribution in [-0.2, 0) is 32.6 Å². The van der Waals surface area contributed by atoms with Crippen molar-refractivity contribution in [3.8, 4) is 11.5 Å². The minimum absolute atomic E-state index is 0.0181. The molecule has 9 heteroatoms. The number of ether oxygens (including phenoxy) is 3. The minimum atomic E-state index is -0.756. The monoisotopic (exact) mass is 600 g/mol. The zero-order valence-corrected chi connectivity index (χ0v) is 25.8. The van der Waals surface area contributed by atoms with E-state index in [2.05, 4.69) is 31.9 Å². The van der Waals surface area contributed by atoms with Crippen LogP contribution in [0.2, 0.25) is 10.0 Å². The molecule has 1 saturated heterocycles. The van der Waals surface area contributed by atoms with Crippen LogP contribution >= 0.6 is 23.2 Å². The van der Waals surface area contributed by atoms with Crippen molar-refractivity contribution in [1.82, 2.24) is 9.80 Å². The second-order valence-electron chi connectivity index (χ2n) is 12.5. The highest BCUT2D eigenvalue weighted by Crippen LogP contribution is 2.67. The lowest BCUT2D eigenvalue weighted by molar-refractivity contribution is -0.222. The summed E-state index contributed by atoms with van der Waals surface area (Å²) in [5.41, 5.74) is 1.79. The quantitative estimate of drug-likeness (QED) is 0.394. The van der Waals surface area contributed by atoms with Crippen molar-refractivity contribution in [2.24, 2.45) is 5.92 Å². The van der Waals surface area contributed by atoms with Crippen molar-refractivity contribution < 1.29 is 23.8 Å². The molecule has 0 aromatic heterocycles. The number of piperidine rings is 1. The minimum Gasteiger partial charge on any atom is -0.493 e. The molecular weight excluding hydrogens is 563 g/mol. The molecule has 2 aliphatic heterocycles. The second-order valence-corrected chi connectivity index (χ2v) is 13.4. The standard InChI is InChI=1S/C32H38Cl2N2O5/c1-18(2)17-36(27(38)15-20-6-8-22(33)23(34)14-20)24-10-11-32(41-19(3)37)26-16-21-7-9-25(39-5)29-28(21)31(32,30(24)40-29)12-13-35(26)4/h6-9,14,18,24,26,30H,10-13,15-17H2,1-5H3/t24-,26-,30+,31+,32-/m1/s1. The van der Waals surface area contributed by atoms with Gasteiger partial charge in [0.1, 0.15) is 11.7 Å². The third kappa shape index (κ3) is 4.25. The van der Waals surface area contributed by atoms with Crippen molar-refractivity contribution in [2.75, 3.05) is 27.2 Å². The van der Waals surface area contributed by atoms with Gasteiger partial charge >= 0.3 is 5.97 Å². The maximum absolute atomic E-state index is 14.1. The summed E-state index contributed by atoms with van der Waals surface area (Å²) in [6.45, 7) is 7.19. The molecule has 1 spiro atoms. The van der Waals surface area contributed by atoms with Gasteiger partial charge in [0.05, 0.1) is 41.1 Å². The van der Waals surface area contributed by atoms with E-state index in [-0.39, 0.29) is 42.4 Å². The van der Waals surface area contributed by atoms with Crippen LogP contribution in [0.4, 0.5) is 0 Å². The van der Waals surface area contributed by atoms with Crippen LogP contribution in [0.5, 0.6) is 11.5 Å². The molecule has 2 aliphatic carbocycles. The number of carbonyl (C=O) groups excluding carboxylic acids is 2. The molecule has 41 heavy (non-hydrogen) atoms. The van der Waals surface area contributed by atoms with E-state index >= 15 is 0 Å². The van der Waals surface area contributed by atoms with E-state index in [4.69, 9.17) is 37.4 Å². The molecule has 2 heterocycles. The van der Waals surface area contributed by atoms with Crippen LogP contribution in [0, 0.1) is 5.92 Å². The Morgan fingerprint density at radius 2 is 1.95 bits per heavy atom. The Labute approximate surface area is 252 Å². The van der Waals surface area contributed by atoms with Gasteiger partial charge in [0.25, 0.3) is 0 Å². The van der Waals surface area contributed by atoms with E-state index in [0.717, 1.165) is 36.3 Å². The Morgan fingerprint density at radius 1 is 1.17 bits per heavy atom. The number of hydrogen-bond donors (Lipinski definition) is 0. The van der Waals surface area contributed by atoms with E-state index in [1.54, 1.807) is 19.2 Å². The van der Waals surface area contributed by atoms with Crippen LogP contribution in [0.15, 0.2) is 30.3 Å². The highest BCUT2D eigenvalue weighted by atomic mass is 35.5. The fourth-order valence-corrected chi connectivity index (χ4v) is 8.69. The topological polar surface area (TPSA) is 68.3 Å². The zero-order chi connectivity index (χ0) is 29.3. The number of halogens is 2. The normalized spacial score (nSPS) is 29.5. The maximum atomic E-state index is 14.1. The van der Waals surface area contributed by atoms with Gasteiger partial charge in [0, 0.05) is 19.0 Å². The number of hydrogen-bond acceptors (Lipinski definition) is 6. The van der Waals surface area contributed by atoms with Crippen molar-refractivity contribution in [3.63, 3.8) is 0 Å². The molecule has 2 aromatic rings. The molecule has 2 aromatic carbocycles. The molecule has 7 nitrogen and oxygen atoms in total. The van der Waals surface area contributed by atoms with Gasteiger partial charge in [0.15, 0.2) is 11.5 Å². The number of methoxy groups -OCH3 is 1. The van der Waals surface area contributed by atoms with E-state index in [0.29, 0.717) is 35.2 Å². The number of carbonyl (C=O) groups is 2. The number of benzene rings is 2. The van der Waals surface area contributed by atoms with Crippen molar-refractivity contribution in [1.29, 1.82) is 0 Å². The Hall–Kier alpha value is -2.48. The van der Waals surface area contributed by atoms with Crippen molar-refractivity contribution in [2.45, 2.75) is 82.1 Å². The number of nitrogens with zero attached hydrogens (tertiary/aromatic N) is 2. The first kappa shape index (κ1) is 28.6. The molecule has 4 aliphatic rings. The molecule has 2 bridgehead atoms. The average Bonchev–Trinajstić information content (AvgIpc) is 3.27. The molecular formula is C32H38Cl2N2O5.